The average Bonchev–Trinajstić information content (AvgIpc) is 2.74. The number of sulfonamides is 1. The molecule has 0 saturated carbocycles. The number of aromatic nitrogens is 1. The van der Waals surface area contributed by atoms with E-state index in [1.54, 1.807) is 30.3 Å². The lowest BCUT2D eigenvalue weighted by Crippen LogP contribution is -2.38. The van der Waals surface area contributed by atoms with Gasteiger partial charge >= 0.3 is 0 Å². The van der Waals surface area contributed by atoms with Crippen LogP contribution in [0.2, 0.25) is 0 Å². The zero-order valence-electron chi connectivity index (χ0n) is 17.2. The Morgan fingerprint density at radius 2 is 1.70 bits per heavy atom. The first-order valence-electron chi connectivity index (χ1n) is 9.66. The maximum atomic E-state index is 13.3. The van der Waals surface area contributed by atoms with Crippen molar-refractivity contribution in [1.29, 1.82) is 0 Å². The molecule has 30 heavy (non-hydrogen) atoms. The highest BCUT2D eigenvalue weighted by Gasteiger charge is 2.27. The number of carbonyl (C=O) groups is 1. The molecule has 2 aromatic carbocycles. The highest BCUT2D eigenvalue weighted by molar-refractivity contribution is 7.92. The minimum atomic E-state index is -3.97. The summed E-state index contributed by atoms with van der Waals surface area (Å²) < 4.78 is 27.7. The number of hydrogen-bond acceptors (Lipinski definition) is 4. The molecule has 0 aliphatic heterocycles. The monoisotopic (exact) mass is 423 g/mol. The lowest BCUT2D eigenvalue weighted by molar-refractivity contribution is -0.114. The number of rotatable bonds is 7. The first-order valence-corrected chi connectivity index (χ1v) is 11.1. The molecule has 0 saturated heterocycles. The molecule has 0 unspecified atom stereocenters. The van der Waals surface area contributed by atoms with Gasteiger partial charge in [-0.3, -0.25) is 14.1 Å². The topological polar surface area (TPSA) is 79.4 Å². The van der Waals surface area contributed by atoms with Gasteiger partial charge in [0.05, 0.1) is 5.69 Å². The van der Waals surface area contributed by atoms with Crippen LogP contribution in [0.5, 0.6) is 0 Å². The zero-order valence-corrected chi connectivity index (χ0v) is 18.1. The minimum Gasteiger partial charge on any atom is -0.325 e. The van der Waals surface area contributed by atoms with Crippen LogP contribution in [0.1, 0.15) is 30.9 Å². The fourth-order valence-electron chi connectivity index (χ4n) is 2.94. The van der Waals surface area contributed by atoms with Gasteiger partial charge in [0, 0.05) is 18.1 Å². The maximum Gasteiger partial charge on any atom is 0.266 e. The van der Waals surface area contributed by atoms with Gasteiger partial charge in [-0.05, 0) is 54.8 Å². The summed E-state index contributed by atoms with van der Waals surface area (Å²) in [6.45, 7) is 5.73. The standard InChI is InChI=1S/C23H25N3O3S/c1-17(2)19-8-12-21(13-9-19)26(30(28,29)22-5-4-14-24-15-22)16-23(27)25-20-10-6-18(3)7-11-20/h4-15,17H,16H2,1-3H3,(H,25,27). The lowest BCUT2D eigenvalue weighted by atomic mass is 10.0. The van der Waals surface area contributed by atoms with Crippen molar-refractivity contribution in [2.24, 2.45) is 0 Å². The Labute approximate surface area is 177 Å². The molecule has 0 bridgehead atoms. The van der Waals surface area contributed by atoms with Gasteiger partial charge in [-0.2, -0.15) is 0 Å². The van der Waals surface area contributed by atoms with Crippen molar-refractivity contribution in [3.05, 3.63) is 84.2 Å². The fraction of sp³-hybridized carbons (Fsp3) is 0.217. The Morgan fingerprint density at radius 1 is 1.03 bits per heavy atom. The molecular formula is C23H25N3O3S. The van der Waals surface area contributed by atoms with Crippen molar-refractivity contribution in [1.82, 2.24) is 4.98 Å². The van der Waals surface area contributed by atoms with Crippen LogP contribution in [0.4, 0.5) is 11.4 Å². The van der Waals surface area contributed by atoms with Crippen LogP contribution in [0.25, 0.3) is 0 Å². The van der Waals surface area contributed by atoms with Gasteiger partial charge in [-0.15, -0.1) is 0 Å². The van der Waals surface area contributed by atoms with Crippen molar-refractivity contribution < 1.29 is 13.2 Å². The van der Waals surface area contributed by atoms with E-state index in [-0.39, 0.29) is 11.4 Å². The Hall–Kier alpha value is -3.19. The van der Waals surface area contributed by atoms with Crippen LogP contribution >= 0.6 is 0 Å². The largest absolute Gasteiger partial charge is 0.325 e. The number of anilines is 2. The van der Waals surface area contributed by atoms with Gasteiger partial charge < -0.3 is 5.32 Å². The Bertz CT molecular complexity index is 1090. The molecule has 0 aliphatic carbocycles. The summed E-state index contributed by atoms with van der Waals surface area (Å²) in [5, 5.41) is 2.76. The third-order valence-electron chi connectivity index (χ3n) is 4.69. The number of aryl methyl sites for hydroxylation is 1. The van der Waals surface area contributed by atoms with E-state index < -0.39 is 15.9 Å². The summed E-state index contributed by atoms with van der Waals surface area (Å²) >= 11 is 0. The van der Waals surface area contributed by atoms with Crippen LogP contribution in [-0.4, -0.2) is 25.9 Å². The smallest absolute Gasteiger partial charge is 0.266 e. The Kier molecular flexibility index (Phi) is 6.52. The third kappa shape index (κ3) is 5.04. The highest BCUT2D eigenvalue weighted by atomic mass is 32.2. The molecule has 6 nitrogen and oxygen atoms in total. The lowest BCUT2D eigenvalue weighted by Gasteiger charge is -2.24. The van der Waals surface area contributed by atoms with Crippen LogP contribution in [-0.2, 0) is 14.8 Å². The first-order chi connectivity index (χ1) is 14.3. The van der Waals surface area contributed by atoms with Crippen LogP contribution in [0.3, 0.4) is 0 Å². The minimum absolute atomic E-state index is 0.0288. The zero-order chi connectivity index (χ0) is 21.7. The van der Waals surface area contributed by atoms with Crippen molar-refractivity contribution >= 4 is 27.3 Å². The van der Waals surface area contributed by atoms with E-state index in [2.05, 4.69) is 24.1 Å². The molecule has 0 spiro atoms. The van der Waals surface area contributed by atoms with Gasteiger partial charge in [0.1, 0.15) is 11.4 Å². The summed E-state index contributed by atoms with van der Waals surface area (Å²) in [4.78, 5) is 16.6. The maximum absolute atomic E-state index is 13.3. The SMILES string of the molecule is Cc1ccc(NC(=O)CN(c2ccc(C(C)C)cc2)S(=O)(=O)c2cccnc2)cc1. The van der Waals surface area contributed by atoms with E-state index >= 15 is 0 Å². The van der Waals surface area contributed by atoms with Gasteiger partial charge in [-0.1, -0.05) is 43.7 Å². The quantitative estimate of drug-likeness (QED) is 0.613. The van der Waals surface area contributed by atoms with Gasteiger partial charge in [0.15, 0.2) is 0 Å². The van der Waals surface area contributed by atoms with Gasteiger partial charge in [0.25, 0.3) is 10.0 Å². The molecule has 1 aromatic heterocycles. The van der Waals surface area contributed by atoms with E-state index in [4.69, 9.17) is 0 Å². The summed E-state index contributed by atoms with van der Waals surface area (Å²) in [6, 6.07) is 17.6. The number of pyridine rings is 1. The van der Waals surface area contributed by atoms with Crippen molar-refractivity contribution in [3.63, 3.8) is 0 Å². The predicted octanol–water partition coefficient (Wildman–Crippen LogP) is 4.35. The molecule has 0 fully saturated rings. The van der Waals surface area contributed by atoms with E-state index in [0.717, 1.165) is 15.4 Å². The number of nitrogens with zero attached hydrogens (tertiary/aromatic N) is 2. The van der Waals surface area contributed by atoms with Crippen LogP contribution in [0.15, 0.2) is 78.0 Å². The second-order valence-corrected chi connectivity index (χ2v) is 9.22. The fourth-order valence-corrected chi connectivity index (χ4v) is 4.32. The number of hydrogen-bond donors (Lipinski definition) is 1. The second kappa shape index (κ2) is 9.09. The number of nitrogens with one attached hydrogen (secondary N) is 1. The third-order valence-corrected chi connectivity index (χ3v) is 6.45. The highest BCUT2D eigenvalue weighted by Crippen LogP contribution is 2.25. The van der Waals surface area contributed by atoms with E-state index in [9.17, 15) is 13.2 Å². The molecular weight excluding hydrogens is 398 g/mol. The molecule has 3 rings (SSSR count). The molecule has 0 aliphatic rings. The van der Waals surface area contributed by atoms with Crippen molar-refractivity contribution in [2.75, 3.05) is 16.2 Å². The van der Waals surface area contributed by atoms with Gasteiger partial charge in [0.2, 0.25) is 5.91 Å². The van der Waals surface area contributed by atoms with Crippen LogP contribution in [0, 0.1) is 6.92 Å². The number of benzene rings is 2. The molecule has 7 heteroatoms. The summed E-state index contributed by atoms with van der Waals surface area (Å²) in [6.07, 6.45) is 2.79. The molecule has 1 N–H and O–H groups in total. The second-order valence-electron chi connectivity index (χ2n) is 7.36. The van der Waals surface area contributed by atoms with E-state index in [1.807, 2.05) is 31.2 Å². The Morgan fingerprint density at radius 3 is 2.27 bits per heavy atom. The van der Waals surface area contributed by atoms with E-state index in [0.29, 0.717) is 17.3 Å². The Balaban J connectivity index is 1.92. The molecule has 3 aromatic rings. The molecule has 0 radical (unpaired) electrons. The first kappa shape index (κ1) is 21.5. The van der Waals surface area contributed by atoms with Gasteiger partial charge in [-0.25, -0.2) is 8.42 Å². The normalized spacial score (nSPS) is 11.3. The summed E-state index contributed by atoms with van der Waals surface area (Å²) in [7, 11) is -3.97. The van der Waals surface area contributed by atoms with Crippen molar-refractivity contribution in [3.8, 4) is 0 Å². The number of amides is 1. The van der Waals surface area contributed by atoms with Crippen LogP contribution < -0.4 is 9.62 Å². The summed E-state index contributed by atoms with van der Waals surface area (Å²) in [5.74, 6) is -0.119. The summed E-state index contributed by atoms with van der Waals surface area (Å²) in [5.41, 5.74) is 3.18. The molecule has 0 atom stereocenters. The molecule has 1 amide bonds. The van der Waals surface area contributed by atoms with Crippen molar-refractivity contribution in [2.45, 2.75) is 31.6 Å². The number of carbonyl (C=O) groups excluding carboxylic acids is 1. The van der Waals surface area contributed by atoms with E-state index in [1.165, 1.54) is 18.5 Å². The average molecular weight is 424 g/mol. The predicted molar refractivity (Wildman–Crippen MR) is 119 cm³/mol. The molecule has 156 valence electrons. The molecule has 1 heterocycles.